The third-order valence-electron chi connectivity index (χ3n) is 2.01. The van der Waals surface area contributed by atoms with E-state index < -0.39 is 12.2 Å². The summed E-state index contributed by atoms with van der Waals surface area (Å²) in [5, 5.41) is 0. The minimum Gasteiger partial charge on any atom is -0.248 e. The zero-order chi connectivity index (χ0) is 14.0. The van der Waals surface area contributed by atoms with E-state index in [4.69, 9.17) is 0 Å². The lowest BCUT2D eigenvalue weighted by Crippen LogP contribution is -2.32. The Balaban J connectivity index is 2.89. The quantitative estimate of drug-likeness (QED) is 0.768. The highest BCUT2D eigenvalue weighted by molar-refractivity contribution is 9.10. The first-order chi connectivity index (χ1) is 8.09. The molecular formula is C12H15BrF3NS. The fraction of sp³-hybridized carbons (Fsp3) is 0.500. The van der Waals surface area contributed by atoms with Crippen molar-refractivity contribution in [2.45, 2.75) is 37.7 Å². The van der Waals surface area contributed by atoms with E-state index in [2.05, 4.69) is 20.7 Å². The van der Waals surface area contributed by atoms with Crippen molar-refractivity contribution in [1.82, 2.24) is 4.72 Å². The Morgan fingerprint density at radius 3 is 2.00 bits per heavy atom. The van der Waals surface area contributed by atoms with Gasteiger partial charge in [0.2, 0.25) is 0 Å². The van der Waals surface area contributed by atoms with Crippen LogP contribution in [0, 0.1) is 0 Å². The summed E-state index contributed by atoms with van der Waals surface area (Å²) in [4.78, 5) is 0. The van der Waals surface area contributed by atoms with Gasteiger partial charge in [-0.15, -0.1) is 0 Å². The molecule has 0 aliphatic heterocycles. The Morgan fingerprint density at radius 2 is 1.61 bits per heavy atom. The van der Waals surface area contributed by atoms with Gasteiger partial charge in [-0.1, -0.05) is 40.0 Å². The van der Waals surface area contributed by atoms with Gasteiger partial charge in [-0.05, 0) is 38.5 Å². The van der Waals surface area contributed by atoms with Crippen molar-refractivity contribution in [2.75, 3.05) is 0 Å². The van der Waals surface area contributed by atoms with E-state index in [1.165, 1.54) is 12.1 Å². The van der Waals surface area contributed by atoms with Crippen LogP contribution in [0.15, 0.2) is 28.7 Å². The first-order valence-corrected chi connectivity index (χ1v) is 6.96. The second-order valence-electron chi connectivity index (χ2n) is 4.86. The van der Waals surface area contributed by atoms with Crippen molar-refractivity contribution in [2.24, 2.45) is 0 Å². The predicted octanol–water partition coefficient (Wildman–Crippen LogP) is 5.09. The summed E-state index contributed by atoms with van der Waals surface area (Å²) in [7, 11) is 0. The van der Waals surface area contributed by atoms with Crippen LogP contribution in [0.25, 0.3) is 0 Å². The van der Waals surface area contributed by atoms with Crippen molar-refractivity contribution >= 4 is 27.9 Å². The van der Waals surface area contributed by atoms with Gasteiger partial charge in [0.25, 0.3) is 0 Å². The van der Waals surface area contributed by atoms with Gasteiger partial charge in [-0.3, -0.25) is 0 Å². The molecule has 102 valence electrons. The molecule has 18 heavy (non-hydrogen) atoms. The lowest BCUT2D eigenvalue weighted by molar-refractivity contribution is -0.152. The first-order valence-electron chi connectivity index (χ1n) is 5.35. The maximum atomic E-state index is 13.0. The molecule has 0 heterocycles. The number of hydrogen-bond donors (Lipinski definition) is 1. The Hall–Kier alpha value is -0.200. The molecule has 6 heteroatoms. The van der Waals surface area contributed by atoms with Gasteiger partial charge in [0, 0.05) is 9.22 Å². The number of alkyl halides is 3. The zero-order valence-electron chi connectivity index (χ0n) is 10.3. The highest BCUT2D eigenvalue weighted by Crippen LogP contribution is 2.36. The van der Waals surface area contributed by atoms with Crippen LogP contribution < -0.4 is 4.72 Å². The number of rotatable bonds is 3. The van der Waals surface area contributed by atoms with E-state index in [0.29, 0.717) is 0 Å². The highest BCUT2D eigenvalue weighted by Gasteiger charge is 2.41. The molecule has 0 radical (unpaired) electrons. The summed E-state index contributed by atoms with van der Waals surface area (Å²) in [5.41, 5.74) is 0.211. The monoisotopic (exact) mass is 341 g/mol. The molecule has 1 aromatic rings. The average molecular weight is 342 g/mol. The summed E-state index contributed by atoms with van der Waals surface area (Å²) in [6.07, 6.45) is -4.31. The lowest BCUT2D eigenvalue weighted by atomic mass is 10.1. The third kappa shape index (κ3) is 5.20. The fourth-order valence-corrected chi connectivity index (χ4v) is 2.22. The zero-order valence-corrected chi connectivity index (χ0v) is 12.7. The molecule has 1 N–H and O–H groups in total. The van der Waals surface area contributed by atoms with Gasteiger partial charge in [0.1, 0.15) is 6.04 Å². The van der Waals surface area contributed by atoms with Gasteiger partial charge in [-0.25, -0.2) is 4.72 Å². The minimum atomic E-state index is -4.31. The SMILES string of the molecule is CC(C)(C)SN[C@H](c1ccc(Br)cc1)C(F)(F)F. The summed E-state index contributed by atoms with van der Waals surface area (Å²) >= 11 is 4.29. The molecule has 0 bridgehead atoms. The average Bonchev–Trinajstić information content (AvgIpc) is 2.17. The number of halogens is 4. The van der Waals surface area contributed by atoms with E-state index in [-0.39, 0.29) is 10.3 Å². The van der Waals surface area contributed by atoms with Crippen LogP contribution in [0.3, 0.4) is 0 Å². The summed E-state index contributed by atoms with van der Waals surface area (Å²) in [6.45, 7) is 5.58. The summed E-state index contributed by atoms with van der Waals surface area (Å²) < 4.78 is 42.0. The fourth-order valence-electron chi connectivity index (χ4n) is 1.21. The van der Waals surface area contributed by atoms with Gasteiger partial charge < -0.3 is 0 Å². The van der Waals surface area contributed by atoms with Crippen LogP contribution in [0.4, 0.5) is 13.2 Å². The number of hydrogen-bond acceptors (Lipinski definition) is 2. The molecule has 0 saturated heterocycles. The van der Waals surface area contributed by atoms with E-state index in [9.17, 15) is 13.2 Å². The Morgan fingerprint density at radius 1 is 1.11 bits per heavy atom. The topological polar surface area (TPSA) is 12.0 Å². The molecule has 0 spiro atoms. The number of nitrogens with one attached hydrogen (secondary N) is 1. The van der Waals surface area contributed by atoms with Crippen molar-refractivity contribution in [1.29, 1.82) is 0 Å². The molecular weight excluding hydrogens is 327 g/mol. The molecule has 0 unspecified atom stereocenters. The second-order valence-corrected chi connectivity index (χ2v) is 7.44. The minimum absolute atomic E-state index is 0.211. The summed E-state index contributed by atoms with van der Waals surface area (Å²) in [6, 6.07) is 4.50. The lowest BCUT2D eigenvalue weighted by Gasteiger charge is -2.26. The highest BCUT2D eigenvalue weighted by atomic mass is 79.9. The molecule has 0 aliphatic carbocycles. The van der Waals surface area contributed by atoms with Gasteiger partial charge in [-0.2, -0.15) is 13.2 Å². The van der Waals surface area contributed by atoms with Gasteiger partial charge in [0.05, 0.1) is 0 Å². The maximum Gasteiger partial charge on any atom is 0.408 e. The molecule has 1 rings (SSSR count). The molecule has 0 aromatic heterocycles. The Kier molecular flexibility index (Phi) is 5.14. The van der Waals surface area contributed by atoms with E-state index in [1.54, 1.807) is 12.1 Å². The van der Waals surface area contributed by atoms with Gasteiger partial charge >= 0.3 is 6.18 Å². The van der Waals surface area contributed by atoms with Crippen molar-refractivity contribution < 1.29 is 13.2 Å². The Bertz CT molecular complexity index is 384. The smallest absolute Gasteiger partial charge is 0.248 e. The molecule has 0 amide bonds. The van der Waals surface area contributed by atoms with Crippen molar-refractivity contribution in [3.05, 3.63) is 34.3 Å². The predicted molar refractivity (Wildman–Crippen MR) is 73.4 cm³/mol. The maximum absolute atomic E-state index is 13.0. The molecule has 1 aromatic carbocycles. The molecule has 0 fully saturated rings. The second kappa shape index (κ2) is 5.84. The molecule has 0 aliphatic rings. The van der Waals surface area contributed by atoms with Crippen molar-refractivity contribution in [3.63, 3.8) is 0 Å². The van der Waals surface area contributed by atoms with E-state index in [0.717, 1.165) is 16.4 Å². The largest absolute Gasteiger partial charge is 0.408 e. The van der Waals surface area contributed by atoms with Gasteiger partial charge in [0.15, 0.2) is 0 Å². The third-order valence-corrected chi connectivity index (χ3v) is 3.51. The molecule has 1 atom stereocenters. The van der Waals surface area contributed by atoms with E-state index >= 15 is 0 Å². The van der Waals surface area contributed by atoms with Crippen molar-refractivity contribution in [3.8, 4) is 0 Å². The van der Waals surface area contributed by atoms with Crippen LogP contribution in [0.2, 0.25) is 0 Å². The Labute approximate surface area is 118 Å². The van der Waals surface area contributed by atoms with Crippen LogP contribution in [0.5, 0.6) is 0 Å². The normalized spacial score (nSPS) is 14.6. The first kappa shape index (κ1) is 15.9. The molecule has 1 nitrogen and oxygen atoms in total. The van der Waals surface area contributed by atoms with Crippen LogP contribution in [0.1, 0.15) is 32.4 Å². The summed E-state index contributed by atoms with van der Waals surface area (Å²) in [5.74, 6) is 0. The van der Waals surface area contributed by atoms with Crippen LogP contribution in [-0.4, -0.2) is 10.9 Å². The van der Waals surface area contributed by atoms with Crippen LogP contribution in [-0.2, 0) is 0 Å². The molecule has 0 saturated carbocycles. The number of benzene rings is 1. The van der Waals surface area contributed by atoms with Crippen LogP contribution >= 0.6 is 27.9 Å². The standard InChI is InChI=1S/C12H15BrF3NS/c1-11(2,3)18-17-10(12(14,15)16)8-4-6-9(13)7-5-8/h4-7,10,17H,1-3H3/t10-/m1/s1. The van der Waals surface area contributed by atoms with E-state index in [1.807, 2.05) is 20.8 Å².